The lowest BCUT2D eigenvalue weighted by atomic mass is 9.96. The Bertz CT molecular complexity index is 602. The van der Waals surface area contributed by atoms with Crippen LogP contribution in [0.25, 0.3) is 0 Å². The van der Waals surface area contributed by atoms with Crippen LogP contribution in [0.5, 0.6) is 0 Å². The molecular weight excluding hydrogens is 334 g/mol. The van der Waals surface area contributed by atoms with Gasteiger partial charge in [0, 0.05) is 25.2 Å². The number of rotatable bonds is 6. The number of hydrogen-bond acceptors (Lipinski definition) is 5. The van der Waals surface area contributed by atoms with Gasteiger partial charge in [-0.3, -0.25) is 10.1 Å². The Morgan fingerprint density at radius 1 is 1.27 bits per heavy atom. The van der Waals surface area contributed by atoms with Crippen molar-refractivity contribution in [1.29, 1.82) is 0 Å². The molecule has 1 N–H and O–H groups in total. The molecule has 0 bridgehead atoms. The summed E-state index contributed by atoms with van der Waals surface area (Å²) in [5, 5.41) is 13.5. The van der Waals surface area contributed by atoms with E-state index in [0.29, 0.717) is 12.5 Å². The lowest BCUT2D eigenvalue weighted by Gasteiger charge is -2.32. The molecule has 0 atom stereocenters. The number of carbonyl (C=O) groups excluding carboxylic acids is 1. The molecule has 1 saturated heterocycles. The van der Waals surface area contributed by atoms with Crippen LogP contribution in [0.1, 0.15) is 39.2 Å². The molecule has 0 spiro atoms. The molecular formula is C19H29N3O4. The van der Waals surface area contributed by atoms with Crippen molar-refractivity contribution >= 4 is 11.8 Å². The van der Waals surface area contributed by atoms with Crippen molar-refractivity contribution in [2.45, 2.75) is 45.6 Å². The third kappa shape index (κ3) is 7.00. The number of piperidine rings is 1. The molecule has 7 nitrogen and oxygen atoms in total. The zero-order valence-corrected chi connectivity index (χ0v) is 15.9. The number of ether oxygens (including phenoxy) is 1. The molecule has 0 unspecified atom stereocenters. The maximum atomic E-state index is 11.7. The van der Waals surface area contributed by atoms with Crippen molar-refractivity contribution in [3.05, 3.63) is 39.9 Å². The topological polar surface area (TPSA) is 84.7 Å². The molecule has 1 aliphatic rings. The van der Waals surface area contributed by atoms with Crippen LogP contribution in [0.3, 0.4) is 0 Å². The van der Waals surface area contributed by atoms with Crippen LogP contribution < -0.4 is 5.32 Å². The van der Waals surface area contributed by atoms with Crippen molar-refractivity contribution in [3.63, 3.8) is 0 Å². The standard InChI is InChI=1S/C19H29N3O4/c1-19(2,3)26-18(23)20-14-16-9-12-21(13-10-16)11-8-15-4-6-17(7-5-15)22(24)25/h4-7,16H,8-14H2,1-3H3,(H,20,23). The summed E-state index contributed by atoms with van der Waals surface area (Å²) >= 11 is 0. The lowest BCUT2D eigenvalue weighted by molar-refractivity contribution is -0.384. The maximum Gasteiger partial charge on any atom is 0.407 e. The molecule has 1 fully saturated rings. The van der Waals surface area contributed by atoms with E-state index in [-0.39, 0.29) is 16.7 Å². The van der Waals surface area contributed by atoms with Crippen molar-refractivity contribution < 1.29 is 14.5 Å². The van der Waals surface area contributed by atoms with E-state index in [2.05, 4.69) is 10.2 Å². The number of benzene rings is 1. The smallest absolute Gasteiger partial charge is 0.407 e. The fourth-order valence-electron chi connectivity index (χ4n) is 3.03. The lowest BCUT2D eigenvalue weighted by Crippen LogP contribution is -2.40. The van der Waals surface area contributed by atoms with Gasteiger partial charge in [-0.25, -0.2) is 4.79 Å². The minimum Gasteiger partial charge on any atom is -0.444 e. The van der Waals surface area contributed by atoms with E-state index in [1.165, 1.54) is 0 Å². The quantitative estimate of drug-likeness (QED) is 0.619. The van der Waals surface area contributed by atoms with Crippen LogP contribution >= 0.6 is 0 Å². The summed E-state index contributed by atoms with van der Waals surface area (Å²) in [6, 6.07) is 6.78. The highest BCUT2D eigenvalue weighted by molar-refractivity contribution is 5.67. The molecule has 0 aromatic heterocycles. The number of nitro benzene ring substituents is 1. The fourth-order valence-corrected chi connectivity index (χ4v) is 3.03. The first-order chi connectivity index (χ1) is 12.2. The first-order valence-corrected chi connectivity index (χ1v) is 9.15. The predicted molar refractivity (Wildman–Crippen MR) is 100 cm³/mol. The minimum atomic E-state index is -0.467. The summed E-state index contributed by atoms with van der Waals surface area (Å²) in [5.74, 6) is 0.484. The van der Waals surface area contributed by atoms with Crippen molar-refractivity contribution in [3.8, 4) is 0 Å². The number of nitrogens with zero attached hydrogens (tertiary/aromatic N) is 2. The summed E-state index contributed by atoms with van der Waals surface area (Å²) in [4.78, 5) is 24.4. The number of alkyl carbamates (subject to hydrolysis) is 1. The van der Waals surface area contributed by atoms with Gasteiger partial charge in [-0.15, -0.1) is 0 Å². The first kappa shape index (κ1) is 20.2. The average Bonchev–Trinajstić information content (AvgIpc) is 2.58. The van der Waals surface area contributed by atoms with Gasteiger partial charge in [-0.1, -0.05) is 12.1 Å². The van der Waals surface area contributed by atoms with Gasteiger partial charge in [0.1, 0.15) is 5.60 Å². The molecule has 0 radical (unpaired) electrons. The number of likely N-dealkylation sites (tertiary alicyclic amines) is 1. The molecule has 0 saturated carbocycles. The molecule has 2 rings (SSSR count). The van der Waals surface area contributed by atoms with Gasteiger partial charge in [0.25, 0.3) is 5.69 Å². The van der Waals surface area contributed by atoms with Gasteiger partial charge in [0.05, 0.1) is 4.92 Å². The highest BCUT2D eigenvalue weighted by Crippen LogP contribution is 2.18. The van der Waals surface area contributed by atoms with E-state index in [0.717, 1.165) is 44.5 Å². The van der Waals surface area contributed by atoms with Gasteiger partial charge in [0.2, 0.25) is 0 Å². The predicted octanol–water partition coefficient (Wildman–Crippen LogP) is 3.37. The van der Waals surface area contributed by atoms with E-state index in [4.69, 9.17) is 4.74 Å². The van der Waals surface area contributed by atoms with Gasteiger partial charge >= 0.3 is 6.09 Å². The summed E-state index contributed by atoms with van der Waals surface area (Å²) in [7, 11) is 0. The van der Waals surface area contributed by atoms with Crippen molar-refractivity contribution in [2.24, 2.45) is 5.92 Å². The molecule has 1 aromatic carbocycles. The summed E-state index contributed by atoms with van der Waals surface area (Å²) < 4.78 is 5.26. The Kier molecular flexibility index (Phi) is 6.97. The zero-order valence-electron chi connectivity index (χ0n) is 15.9. The van der Waals surface area contributed by atoms with E-state index in [9.17, 15) is 14.9 Å². The van der Waals surface area contributed by atoms with Crippen LogP contribution in [-0.4, -0.2) is 47.7 Å². The van der Waals surface area contributed by atoms with Crippen molar-refractivity contribution in [2.75, 3.05) is 26.2 Å². The molecule has 7 heteroatoms. The van der Waals surface area contributed by atoms with Gasteiger partial charge in [0.15, 0.2) is 0 Å². The number of nitro groups is 1. The van der Waals surface area contributed by atoms with Crippen LogP contribution in [0.2, 0.25) is 0 Å². The zero-order chi connectivity index (χ0) is 19.2. The van der Waals surface area contributed by atoms with Crippen LogP contribution in [0.15, 0.2) is 24.3 Å². The Balaban J connectivity index is 1.65. The monoisotopic (exact) mass is 363 g/mol. The molecule has 1 amide bonds. The summed E-state index contributed by atoms with van der Waals surface area (Å²) in [5.41, 5.74) is 0.780. The minimum absolute atomic E-state index is 0.132. The highest BCUT2D eigenvalue weighted by atomic mass is 16.6. The Morgan fingerprint density at radius 2 is 1.88 bits per heavy atom. The molecule has 1 heterocycles. The van der Waals surface area contributed by atoms with Crippen LogP contribution in [0, 0.1) is 16.0 Å². The van der Waals surface area contributed by atoms with Crippen molar-refractivity contribution in [1.82, 2.24) is 10.2 Å². The number of nitrogens with one attached hydrogen (secondary N) is 1. The Labute approximate surface area is 154 Å². The van der Waals surface area contributed by atoms with Gasteiger partial charge in [-0.2, -0.15) is 0 Å². The summed E-state index contributed by atoms with van der Waals surface area (Å²) in [6.45, 7) is 9.19. The SMILES string of the molecule is CC(C)(C)OC(=O)NCC1CCN(CCc2ccc([N+](=O)[O-])cc2)CC1. The van der Waals surface area contributed by atoms with Crippen LogP contribution in [-0.2, 0) is 11.2 Å². The fraction of sp³-hybridized carbons (Fsp3) is 0.632. The maximum absolute atomic E-state index is 11.7. The molecule has 26 heavy (non-hydrogen) atoms. The second-order valence-corrected chi connectivity index (χ2v) is 7.84. The second-order valence-electron chi connectivity index (χ2n) is 7.84. The van der Waals surface area contributed by atoms with Crippen LogP contribution in [0.4, 0.5) is 10.5 Å². The third-order valence-electron chi connectivity index (χ3n) is 4.50. The highest BCUT2D eigenvalue weighted by Gasteiger charge is 2.21. The summed E-state index contributed by atoms with van der Waals surface area (Å²) in [6.07, 6.45) is 2.64. The van der Waals surface area contributed by atoms with E-state index < -0.39 is 5.60 Å². The normalized spacial score (nSPS) is 16.3. The van der Waals surface area contributed by atoms with Gasteiger partial charge in [-0.05, 0) is 64.6 Å². The Hall–Kier alpha value is -2.15. The molecule has 1 aliphatic heterocycles. The van der Waals surface area contributed by atoms with E-state index in [1.54, 1.807) is 12.1 Å². The van der Waals surface area contributed by atoms with E-state index in [1.807, 2.05) is 32.9 Å². The first-order valence-electron chi connectivity index (χ1n) is 9.15. The third-order valence-corrected chi connectivity index (χ3v) is 4.50. The number of hydrogen-bond donors (Lipinski definition) is 1. The number of non-ortho nitro benzene ring substituents is 1. The van der Waals surface area contributed by atoms with Gasteiger partial charge < -0.3 is 15.0 Å². The molecule has 144 valence electrons. The largest absolute Gasteiger partial charge is 0.444 e. The molecule has 1 aromatic rings. The Morgan fingerprint density at radius 3 is 2.42 bits per heavy atom. The number of carbonyl (C=O) groups is 1. The second kappa shape index (κ2) is 8.98. The average molecular weight is 363 g/mol. The number of amides is 1. The van der Waals surface area contributed by atoms with E-state index >= 15 is 0 Å². The molecule has 0 aliphatic carbocycles.